The Hall–Kier alpha value is -1.16. The third-order valence-electron chi connectivity index (χ3n) is 4.00. The van der Waals surface area contributed by atoms with Gasteiger partial charge in [-0.15, -0.1) is 0 Å². The van der Waals surface area contributed by atoms with E-state index in [2.05, 4.69) is 9.78 Å². The lowest BCUT2D eigenvalue weighted by atomic mass is 9.96. The van der Waals surface area contributed by atoms with Crippen molar-refractivity contribution in [2.45, 2.75) is 70.4 Å². The maximum Gasteiger partial charge on any atom is 0.140 e. The maximum absolute atomic E-state index is 11.8. The first-order valence-corrected chi connectivity index (χ1v) is 7.50. The fourth-order valence-electron chi connectivity index (χ4n) is 2.73. The van der Waals surface area contributed by atoms with Gasteiger partial charge in [0.1, 0.15) is 5.78 Å². The molecule has 0 aliphatic heterocycles. The number of carbonyl (C=O) groups is 1. The molecule has 1 saturated carbocycles. The molecule has 1 fully saturated rings. The summed E-state index contributed by atoms with van der Waals surface area (Å²) in [6.07, 6.45) is 10.1. The number of nitrogens with zero attached hydrogens (tertiary/aromatic N) is 2. The molecule has 1 aromatic rings. The molecule has 1 aromatic heterocycles. The van der Waals surface area contributed by atoms with Crippen LogP contribution in [0.25, 0.3) is 0 Å². The van der Waals surface area contributed by atoms with Crippen molar-refractivity contribution >= 4 is 5.78 Å². The second-order valence-electron chi connectivity index (χ2n) is 5.67. The lowest BCUT2D eigenvalue weighted by Crippen LogP contribution is -2.23. The van der Waals surface area contributed by atoms with Crippen LogP contribution in [0.4, 0.5) is 0 Å². The Morgan fingerprint density at radius 2 is 2.21 bits per heavy atom. The molecule has 0 aromatic carbocycles. The number of aromatic nitrogens is 2. The van der Waals surface area contributed by atoms with Gasteiger partial charge in [0.15, 0.2) is 0 Å². The molecular formula is C15H25N3O. The monoisotopic (exact) mass is 263 g/mol. The second-order valence-corrected chi connectivity index (χ2v) is 5.67. The van der Waals surface area contributed by atoms with Crippen LogP contribution in [0, 0.1) is 0 Å². The molecule has 2 N–H and O–H groups in total. The molecule has 106 valence electrons. The Kier molecular flexibility index (Phi) is 5.14. The van der Waals surface area contributed by atoms with E-state index in [0.717, 1.165) is 12.1 Å². The van der Waals surface area contributed by atoms with Crippen molar-refractivity contribution in [3.8, 4) is 0 Å². The minimum Gasteiger partial charge on any atom is -0.327 e. The first-order valence-electron chi connectivity index (χ1n) is 7.50. The summed E-state index contributed by atoms with van der Waals surface area (Å²) >= 11 is 0. The summed E-state index contributed by atoms with van der Waals surface area (Å²) in [6.45, 7) is 2.01. The Balaban J connectivity index is 1.88. The molecule has 4 heteroatoms. The fourth-order valence-corrected chi connectivity index (χ4v) is 2.73. The summed E-state index contributed by atoms with van der Waals surface area (Å²) in [6, 6.07) is 2.51. The first-order chi connectivity index (χ1) is 9.19. The van der Waals surface area contributed by atoms with Gasteiger partial charge in [-0.05, 0) is 25.3 Å². The van der Waals surface area contributed by atoms with Gasteiger partial charge in [0.2, 0.25) is 0 Å². The smallest absolute Gasteiger partial charge is 0.140 e. The normalized spacial score (nSPS) is 18.4. The van der Waals surface area contributed by atoms with Crippen molar-refractivity contribution in [2.75, 3.05) is 0 Å². The lowest BCUT2D eigenvalue weighted by Gasteiger charge is -2.21. The number of nitrogens with two attached hydrogens (primary N) is 1. The predicted octanol–water partition coefficient (Wildman–Crippen LogP) is 2.63. The van der Waals surface area contributed by atoms with Crippen LogP contribution in [0.15, 0.2) is 12.3 Å². The molecule has 0 bridgehead atoms. The van der Waals surface area contributed by atoms with Crippen LogP contribution in [-0.2, 0) is 11.2 Å². The van der Waals surface area contributed by atoms with Crippen molar-refractivity contribution in [3.63, 3.8) is 0 Å². The predicted molar refractivity (Wildman–Crippen MR) is 75.9 cm³/mol. The van der Waals surface area contributed by atoms with Crippen LogP contribution in [0.2, 0.25) is 0 Å². The van der Waals surface area contributed by atoms with E-state index in [1.54, 1.807) is 0 Å². The zero-order chi connectivity index (χ0) is 13.7. The number of hydrogen-bond donors (Lipinski definition) is 1. The molecule has 1 heterocycles. The molecular weight excluding hydrogens is 238 g/mol. The Bertz CT molecular complexity index is 407. The fraction of sp³-hybridized carbons (Fsp3) is 0.733. The molecule has 1 atom stereocenters. The summed E-state index contributed by atoms with van der Waals surface area (Å²) < 4.78 is 2.06. The van der Waals surface area contributed by atoms with E-state index in [1.807, 2.05) is 19.2 Å². The highest BCUT2D eigenvalue weighted by atomic mass is 16.1. The largest absolute Gasteiger partial charge is 0.327 e. The quantitative estimate of drug-likeness (QED) is 0.858. The Morgan fingerprint density at radius 3 is 2.89 bits per heavy atom. The molecule has 4 nitrogen and oxygen atoms in total. The number of Topliss-reactive ketones (excluding diaryl/α,β-unsaturated/α-hetero) is 1. The minimum atomic E-state index is -0.00655. The molecule has 0 radical (unpaired) electrons. The van der Waals surface area contributed by atoms with Gasteiger partial charge in [-0.1, -0.05) is 26.2 Å². The van der Waals surface area contributed by atoms with E-state index in [1.165, 1.54) is 32.1 Å². The van der Waals surface area contributed by atoms with Crippen molar-refractivity contribution in [1.29, 1.82) is 0 Å². The molecule has 0 saturated heterocycles. The summed E-state index contributed by atoms with van der Waals surface area (Å²) in [4.78, 5) is 11.8. The third-order valence-corrected chi connectivity index (χ3v) is 4.00. The second kappa shape index (κ2) is 6.85. The van der Waals surface area contributed by atoms with E-state index in [9.17, 15) is 4.79 Å². The van der Waals surface area contributed by atoms with Crippen LogP contribution in [0.1, 0.15) is 63.6 Å². The third kappa shape index (κ3) is 4.16. The van der Waals surface area contributed by atoms with Gasteiger partial charge in [0, 0.05) is 18.7 Å². The van der Waals surface area contributed by atoms with Gasteiger partial charge < -0.3 is 5.73 Å². The van der Waals surface area contributed by atoms with E-state index in [-0.39, 0.29) is 11.8 Å². The van der Waals surface area contributed by atoms with Crippen LogP contribution in [0.3, 0.4) is 0 Å². The summed E-state index contributed by atoms with van der Waals surface area (Å²) in [5.74, 6) is 0.197. The van der Waals surface area contributed by atoms with E-state index in [0.29, 0.717) is 18.9 Å². The van der Waals surface area contributed by atoms with Crippen LogP contribution in [-0.4, -0.2) is 21.6 Å². The molecule has 0 spiro atoms. The zero-order valence-corrected chi connectivity index (χ0v) is 11.8. The molecule has 19 heavy (non-hydrogen) atoms. The number of rotatable bonds is 6. The van der Waals surface area contributed by atoms with Crippen LogP contribution in [0.5, 0.6) is 0 Å². The first kappa shape index (κ1) is 14.3. The highest BCUT2D eigenvalue weighted by Gasteiger charge is 2.17. The Morgan fingerprint density at radius 1 is 1.47 bits per heavy atom. The minimum absolute atomic E-state index is 0.00655. The Labute approximate surface area is 115 Å². The highest BCUT2D eigenvalue weighted by molar-refractivity contribution is 5.80. The molecule has 2 rings (SSSR count). The topological polar surface area (TPSA) is 60.9 Å². The van der Waals surface area contributed by atoms with E-state index >= 15 is 0 Å². The number of hydrogen-bond acceptors (Lipinski definition) is 3. The molecule has 0 amide bonds. The van der Waals surface area contributed by atoms with E-state index < -0.39 is 0 Å². The molecule has 1 unspecified atom stereocenters. The van der Waals surface area contributed by atoms with Crippen molar-refractivity contribution < 1.29 is 4.79 Å². The van der Waals surface area contributed by atoms with Gasteiger partial charge in [0.25, 0.3) is 0 Å². The highest BCUT2D eigenvalue weighted by Crippen LogP contribution is 2.27. The van der Waals surface area contributed by atoms with Gasteiger partial charge in [-0.2, -0.15) is 5.10 Å². The SMILES string of the molecule is CCC(N)CC(=O)Cc1ccn(C2CCCCC2)n1. The van der Waals surface area contributed by atoms with Gasteiger partial charge in [-0.25, -0.2) is 0 Å². The number of ketones is 1. The number of carbonyl (C=O) groups excluding carboxylic acids is 1. The summed E-state index contributed by atoms with van der Waals surface area (Å²) in [5, 5.41) is 4.56. The summed E-state index contributed by atoms with van der Waals surface area (Å²) in [7, 11) is 0. The average Bonchev–Trinajstić information content (AvgIpc) is 2.88. The maximum atomic E-state index is 11.8. The average molecular weight is 263 g/mol. The lowest BCUT2D eigenvalue weighted by molar-refractivity contribution is -0.118. The summed E-state index contributed by atoms with van der Waals surface area (Å²) in [5.41, 5.74) is 6.69. The van der Waals surface area contributed by atoms with Crippen LogP contribution < -0.4 is 5.73 Å². The van der Waals surface area contributed by atoms with Crippen molar-refractivity contribution in [1.82, 2.24) is 9.78 Å². The molecule has 1 aliphatic carbocycles. The van der Waals surface area contributed by atoms with Crippen LogP contribution >= 0.6 is 0 Å². The zero-order valence-electron chi connectivity index (χ0n) is 11.8. The van der Waals surface area contributed by atoms with Gasteiger partial charge in [-0.3, -0.25) is 9.48 Å². The van der Waals surface area contributed by atoms with Crippen molar-refractivity contribution in [3.05, 3.63) is 18.0 Å². The van der Waals surface area contributed by atoms with Crippen molar-refractivity contribution in [2.24, 2.45) is 5.73 Å². The molecule has 1 aliphatic rings. The van der Waals surface area contributed by atoms with Gasteiger partial charge >= 0.3 is 0 Å². The van der Waals surface area contributed by atoms with Gasteiger partial charge in [0.05, 0.1) is 18.2 Å². The van der Waals surface area contributed by atoms with E-state index in [4.69, 9.17) is 5.73 Å². The standard InChI is InChI=1S/C15H25N3O/c1-2-12(16)10-15(19)11-13-8-9-18(17-13)14-6-4-3-5-7-14/h8-9,12,14H,2-7,10-11,16H2,1H3.